The molecule has 0 heterocycles. The molecule has 2 aromatic rings. The molecule has 2 amide bonds. The molecule has 2 rings (SSSR count). The highest BCUT2D eigenvalue weighted by Crippen LogP contribution is 2.26. The SMILES string of the molecule is Cc1ccc(O[C@@H](C)C(=O)NNC(=O)c2ccccc2C)c(Br)c1. The average Bonchev–Trinajstić information content (AvgIpc) is 2.55. The van der Waals surface area contributed by atoms with E-state index in [0.29, 0.717) is 11.3 Å². The van der Waals surface area contributed by atoms with Crippen LogP contribution in [0.15, 0.2) is 46.9 Å². The maximum absolute atomic E-state index is 12.1. The highest BCUT2D eigenvalue weighted by molar-refractivity contribution is 9.10. The summed E-state index contributed by atoms with van der Waals surface area (Å²) in [6, 6.07) is 12.7. The summed E-state index contributed by atoms with van der Waals surface area (Å²) in [6.07, 6.45) is -0.763. The van der Waals surface area contributed by atoms with E-state index in [-0.39, 0.29) is 5.91 Å². The highest BCUT2D eigenvalue weighted by atomic mass is 79.9. The van der Waals surface area contributed by atoms with Gasteiger partial charge in [0.2, 0.25) is 0 Å². The number of ether oxygens (including phenoxy) is 1. The monoisotopic (exact) mass is 390 g/mol. The molecule has 5 nitrogen and oxygen atoms in total. The number of amides is 2. The van der Waals surface area contributed by atoms with Gasteiger partial charge in [-0.05, 0) is 66.0 Å². The minimum absolute atomic E-state index is 0.370. The number of hydrogen-bond donors (Lipinski definition) is 2. The minimum Gasteiger partial charge on any atom is -0.480 e. The molecule has 2 aromatic carbocycles. The molecule has 0 radical (unpaired) electrons. The van der Waals surface area contributed by atoms with Gasteiger partial charge in [0, 0.05) is 5.56 Å². The van der Waals surface area contributed by atoms with E-state index < -0.39 is 12.0 Å². The van der Waals surface area contributed by atoms with E-state index >= 15 is 0 Å². The van der Waals surface area contributed by atoms with Crippen LogP contribution in [0.1, 0.15) is 28.4 Å². The summed E-state index contributed by atoms with van der Waals surface area (Å²) in [6.45, 7) is 5.41. The number of benzene rings is 2. The molecular weight excluding hydrogens is 372 g/mol. The predicted molar refractivity (Wildman–Crippen MR) is 95.8 cm³/mol. The topological polar surface area (TPSA) is 67.4 Å². The molecular formula is C18H19BrN2O3. The summed E-state index contributed by atoms with van der Waals surface area (Å²) in [4.78, 5) is 24.1. The smallest absolute Gasteiger partial charge is 0.279 e. The summed E-state index contributed by atoms with van der Waals surface area (Å²) < 4.78 is 6.38. The molecule has 24 heavy (non-hydrogen) atoms. The first-order valence-corrected chi connectivity index (χ1v) is 8.26. The first-order chi connectivity index (χ1) is 11.4. The number of rotatable bonds is 4. The Kier molecular flexibility index (Phi) is 5.98. The number of nitrogens with one attached hydrogen (secondary N) is 2. The Hall–Kier alpha value is -2.34. The molecule has 0 aliphatic heterocycles. The van der Waals surface area contributed by atoms with Gasteiger partial charge in [-0.2, -0.15) is 0 Å². The van der Waals surface area contributed by atoms with E-state index in [2.05, 4.69) is 26.8 Å². The highest BCUT2D eigenvalue weighted by Gasteiger charge is 2.17. The lowest BCUT2D eigenvalue weighted by Gasteiger charge is -2.16. The van der Waals surface area contributed by atoms with Crippen molar-refractivity contribution in [3.63, 3.8) is 0 Å². The molecule has 0 spiro atoms. The van der Waals surface area contributed by atoms with Crippen LogP contribution in [0, 0.1) is 13.8 Å². The van der Waals surface area contributed by atoms with Crippen LogP contribution in [-0.2, 0) is 4.79 Å². The molecule has 6 heteroatoms. The van der Waals surface area contributed by atoms with E-state index in [0.717, 1.165) is 15.6 Å². The van der Waals surface area contributed by atoms with Crippen molar-refractivity contribution in [3.05, 3.63) is 63.6 Å². The molecule has 0 unspecified atom stereocenters. The quantitative estimate of drug-likeness (QED) is 0.786. The second-order valence-electron chi connectivity index (χ2n) is 5.45. The van der Waals surface area contributed by atoms with Crippen molar-refractivity contribution in [1.82, 2.24) is 10.9 Å². The molecule has 0 saturated carbocycles. The van der Waals surface area contributed by atoms with E-state index in [1.165, 1.54) is 0 Å². The lowest BCUT2D eigenvalue weighted by Crippen LogP contribution is -2.47. The predicted octanol–water partition coefficient (Wildman–Crippen LogP) is 3.29. The van der Waals surface area contributed by atoms with E-state index in [9.17, 15) is 9.59 Å². The van der Waals surface area contributed by atoms with Crippen LogP contribution in [0.3, 0.4) is 0 Å². The third kappa shape index (κ3) is 4.58. The van der Waals surface area contributed by atoms with Gasteiger partial charge >= 0.3 is 0 Å². The van der Waals surface area contributed by atoms with E-state index in [4.69, 9.17) is 4.74 Å². The van der Waals surface area contributed by atoms with Gasteiger partial charge in [0.25, 0.3) is 11.8 Å². The normalized spacial score (nSPS) is 11.5. The van der Waals surface area contributed by atoms with Crippen LogP contribution in [-0.4, -0.2) is 17.9 Å². The van der Waals surface area contributed by atoms with Gasteiger partial charge in [0.05, 0.1) is 4.47 Å². The largest absolute Gasteiger partial charge is 0.480 e. The standard InChI is InChI=1S/C18H19BrN2O3/c1-11-8-9-16(15(19)10-11)24-13(3)17(22)20-21-18(23)14-7-5-4-6-12(14)2/h4-10,13H,1-3H3,(H,20,22)(H,21,23)/t13-/m0/s1. The van der Waals surface area contributed by atoms with Crippen molar-refractivity contribution >= 4 is 27.7 Å². The molecule has 0 aliphatic carbocycles. The van der Waals surface area contributed by atoms with Crippen LogP contribution in [0.5, 0.6) is 5.75 Å². The summed E-state index contributed by atoms with van der Waals surface area (Å²) >= 11 is 3.40. The van der Waals surface area contributed by atoms with Crippen LogP contribution in [0.2, 0.25) is 0 Å². The molecule has 0 fully saturated rings. The van der Waals surface area contributed by atoms with Gasteiger partial charge in [-0.15, -0.1) is 0 Å². The Balaban J connectivity index is 1.92. The number of carbonyl (C=O) groups excluding carboxylic acids is 2. The van der Waals surface area contributed by atoms with Crippen LogP contribution >= 0.6 is 15.9 Å². The van der Waals surface area contributed by atoms with Gasteiger partial charge in [-0.3, -0.25) is 20.4 Å². The summed E-state index contributed by atoms with van der Waals surface area (Å²) in [5.41, 5.74) is 7.20. The number of carbonyl (C=O) groups is 2. The maximum atomic E-state index is 12.1. The summed E-state index contributed by atoms with van der Waals surface area (Å²) in [5, 5.41) is 0. The fraction of sp³-hybridized carbons (Fsp3) is 0.222. The third-order valence-corrected chi connectivity index (χ3v) is 4.07. The zero-order valence-corrected chi connectivity index (χ0v) is 15.3. The lowest BCUT2D eigenvalue weighted by atomic mass is 10.1. The Morgan fingerprint density at radius 2 is 1.79 bits per heavy atom. The molecule has 0 aromatic heterocycles. The Bertz CT molecular complexity index is 762. The Morgan fingerprint density at radius 1 is 1.08 bits per heavy atom. The number of halogens is 1. The van der Waals surface area contributed by atoms with Crippen LogP contribution in [0.4, 0.5) is 0 Å². The first-order valence-electron chi connectivity index (χ1n) is 7.47. The third-order valence-electron chi connectivity index (χ3n) is 3.45. The Morgan fingerprint density at radius 3 is 2.46 bits per heavy atom. The zero-order chi connectivity index (χ0) is 17.7. The zero-order valence-electron chi connectivity index (χ0n) is 13.7. The van der Waals surface area contributed by atoms with Gasteiger partial charge in [0.15, 0.2) is 6.10 Å². The first kappa shape index (κ1) is 18.0. The molecule has 0 aliphatic rings. The van der Waals surface area contributed by atoms with E-state index in [1.807, 2.05) is 38.1 Å². The second kappa shape index (κ2) is 7.97. The lowest BCUT2D eigenvalue weighted by molar-refractivity contribution is -0.128. The van der Waals surface area contributed by atoms with Crippen LogP contribution < -0.4 is 15.6 Å². The average molecular weight is 391 g/mol. The fourth-order valence-electron chi connectivity index (χ4n) is 2.06. The van der Waals surface area contributed by atoms with Crippen LogP contribution in [0.25, 0.3) is 0 Å². The second-order valence-corrected chi connectivity index (χ2v) is 6.31. The molecule has 1 atom stereocenters. The molecule has 0 bridgehead atoms. The molecule has 126 valence electrons. The number of hydrogen-bond acceptors (Lipinski definition) is 3. The maximum Gasteiger partial charge on any atom is 0.279 e. The van der Waals surface area contributed by atoms with Crippen molar-refractivity contribution in [2.24, 2.45) is 0 Å². The van der Waals surface area contributed by atoms with Gasteiger partial charge in [-0.1, -0.05) is 24.3 Å². The van der Waals surface area contributed by atoms with Crippen molar-refractivity contribution in [1.29, 1.82) is 0 Å². The number of hydrazine groups is 1. The van der Waals surface area contributed by atoms with E-state index in [1.54, 1.807) is 25.1 Å². The van der Waals surface area contributed by atoms with Crippen molar-refractivity contribution in [2.75, 3.05) is 0 Å². The van der Waals surface area contributed by atoms with Crippen molar-refractivity contribution in [3.8, 4) is 5.75 Å². The van der Waals surface area contributed by atoms with Crippen molar-refractivity contribution in [2.45, 2.75) is 26.9 Å². The minimum atomic E-state index is -0.763. The van der Waals surface area contributed by atoms with Crippen molar-refractivity contribution < 1.29 is 14.3 Å². The van der Waals surface area contributed by atoms with Gasteiger partial charge in [0.1, 0.15) is 5.75 Å². The molecule has 2 N–H and O–H groups in total. The number of aryl methyl sites for hydroxylation is 2. The summed E-state index contributed by atoms with van der Waals surface area (Å²) in [7, 11) is 0. The molecule has 0 saturated heterocycles. The summed E-state index contributed by atoms with van der Waals surface area (Å²) in [5.74, 6) is -0.247. The van der Waals surface area contributed by atoms with Gasteiger partial charge in [-0.25, -0.2) is 0 Å². The fourth-order valence-corrected chi connectivity index (χ4v) is 2.65. The van der Waals surface area contributed by atoms with Gasteiger partial charge < -0.3 is 4.74 Å². The Labute approximate surface area is 149 Å².